The van der Waals surface area contributed by atoms with Gasteiger partial charge in [-0.15, -0.1) is 0 Å². The second-order valence-corrected chi connectivity index (χ2v) is 6.81. The second kappa shape index (κ2) is 8.12. The van der Waals surface area contributed by atoms with E-state index in [9.17, 15) is 9.59 Å². The highest BCUT2D eigenvalue weighted by Gasteiger charge is 2.11. The van der Waals surface area contributed by atoms with Crippen molar-refractivity contribution in [3.05, 3.63) is 83.2 Å². The van der Waals surface area contributed by atoms with Crippen LogP contribution in [0.5, 0.6) is 0 Å². The number of imidazole rings is 1. The molecule has 8 nitrogen and oxygen atoms in total. The molecular weight excluding hydrogens is 380 g/mol. The highest BCUT2D eigenvalue weighted by Crippen LogP contribution is 2.18. The summed E-state index contributed by atoms with van der Waals surface area (Å²) in [6, 6.07) is 12.3. The lowest BCUT2D eigenvalue weighted by Gasteiger charge is -2.11. The number of anilines is 1. The second-order valence-electron chi connectivity index (χ2n) is 6.81. The van der Waals surface area contributed by atoms with Crippen LogP contribution in [0, 0.1) is 0 Å². The molecule has 0 saturated heterocycles. The molecule has 0 bridgehead atoms. The quantitative estimate of drug-likeness (QED) is 0.500. The van der Waals surface area contributed by atoms with Crippen molar-refractivity contribution in [2.75, 3.05) is 11.9 Å². The minimum absolute atomic E-state index is 0.0157. The maximum atomic E-state index is 12.6. The predicted molar refractivity (Wildman–Crippen MR) is 114 cm³/mol. The summed E-state index contributed by atoms with van der Waals surface area (Å²) >= 11 is 0. The molecule has 0 radical (unpaired) electrons. The molecule has 3 heterocycles. The summed E-state index contributed by atoms with van der Waals surface area (Å²) in [6.07, 6.45) is 6.88. The van der Waals surface area contributed by atoms with Crippen molar-refractivity contribution in [1.29, 1.82) is 0 Å². The molecule has 0 aliphatic carbocycles. The Morgan fingerprint density at radius 2 is 1.73 bits per heavy atom. The van der Waals surface area contributed by atoms with Gasteiger partial charge in [0.05, 0.1) is 12.2 Å². The van der Waals surface area contributed by atoms with Gasteiger partial charge < -0.3 is 9.88 Å². The van der Waals surface area contributed by atoms with Crippen LogP contribution in [0.4, 0.5) is 5.95 Å². The van der Waals surface area contributed by atoms with Crippen LogP contribution in [0.2, 0.25) is 0 Å². The molecule has 0 fully saturated rings. The number of ketones is 1. The molecule has 0 amide bonds. The Bertz CT molecular complexity index is 1240. The van der Waals surface area contributed by atoms with E-state index < -0.39 is 0 Å². The number of pyridine rings is 1. The van der Waals surface area contributed by atoms with Gasteiger partial charge in [0.1, 0.15) is 5.82 Å². The monoisotopic (exact) mass is 400 g/mol. The third-order valence-corrected chi connectivity index (χ3v) is 4.80. The lowest BCUT2D eigenvalue weighted by atomic mass is 10.1. The standard InChI is InChI=1S/C22H20N6O2/c1-27-12-11-24-21(27)17-5-3-16(4-6-17)19(29)14-25-22-26-18(13-20(30)28(22)2)15-7-9-23-10-8-15/h3-13H,14H2,1-2H3,(H,25,26). The van der Waals surface area contributed by atoms with Crippen molar-refractivity contribution in [3.63, 3.8) is 0 Å². The number of benzene rings is 1. The molecule has 0 atom stereocenters. The van der Waals surface area contributed by atoms with Gasteiger partial charge >= 0.3 is 0 Å². The lowest BCUT2D eigenvalue weighted by Crippen LogP contribution is -2.24. The van der Waals surface area contributed by atoms with Gasteiger partial charge in [-0.1, -0.05) is 24.3 Å². The van der Waals surface area contributed by atoms with E-state index >= 15 is 0 Å². The molecule has 0 aliphatic rings. The molecule has 4 aromatic rings. The molecule has 1 aromatic carbocycles. The average Bonchev–Trinajstić information content (AvgIpc) is 3.21. The van der Waals surface area contributed by atoms with E-state index in [1.54, 1.807) is 49.9 Å². The van der Waals surface area contributed by atoms with E-state index in [4.69, 9.17) is 0 Å². The summed E-state index contributed by atoms with van der Waals surface area (Å²) in [7, 11) is 3.53. The summed E-state index contributed by atoms with van der Waals surface area (Å²) in [5, 5.41) is 2.98. The Balaban J connectivity index is 1.51. The normalized spacial score (nSPS) is 10.7. The van der Waals surface area contributed by atoms with Crippen LogP contribution in [-0.4, -0.2) is 36.4 Å². The van der Waals surface area contributed by atoms with Gasteiger partial charge in [-0.2, -0.15) is 0 Å². The smallest absolute Gasteiger partial charge is 0.255 e. The van der Waals surface area contributed by atoms with Crippen molar-refractivity contribution >= 4 is 11.7 Å². The van der Waals surface area contributed by atoms with E-state index in [1.165, 1.54) is 10.6 Å². The number of aromatic nitrogens is 5. The van der Waals surface area contributed by atoms with Crippen LogP contribution < -0.4 is 10.9 Å². The van der Waals surface area contributed by atoms with Gasteiger partial charge in [0.25, 0.3) is 5.56 Å². The zero-order valence-electron chi connectivity index (χ0n) is 16.6. The van der Waals surface area contributed by atoms with E-state index in [0.717, 1.165) is 17.0 Å². The van der Waals surface area contributed by atoms with Crippen molar-refractivity contribution in [1.82, 2.24) is 24.1 Å². The first kappa shape index (κ1) is 19.3. The molecule has 0 saturated carbocycles. The number of hydrogen-bond donors (Lipinski definition) is 1. The van der Waals surface area contributed by atoms with E-state index in [2.05, 4.69) is 20.3 Å². The minimum Gasteiger partial charge on any atom is -0.348 e. The van der Waals surface area contributed by atoms with Crippen molar-refractivity contribution < 1.29 is 4.79 Å². The van der Waals surface area contributed by atoms with Crippen LogP contribution >= 0.6 is 0 Å². The largest absolute Gasteiger partial charge is 0.348 e. The zero-order chi connectivity index (χ0) is 21.1. The Kier molecular flexibility index (Phi) is 5.21. The van der Waals surface area contributed by atoms with Crippen LogP contribution in [-0.2, 0) is 14.1 Å². The number of carbonyl (C=O) groups is 1. The third-order valence-electron chi connectivity index (χ3n) is 4.80. The molecular formula is C22H20N6O2. The number of hydrogen-bond acceptors (Lipinski definition) is 6. The van der Waals surface area contributed by atoms with Gasteiger partial charge in [-0.05, 0) is 12.1 Å². The maximum absolute atomic E-state index is 12.6. The topological polar surface area (TPSA) is 94.7 Å². The average molecular weight is 400 g/mol. The zero-order valence-corrected chi connectivity index (χ0v) is 16.6. The first-order valence-electron chi connectivity index (χ1n) is 9.36. The fraction of sp³-hybridized carbons (Fsp3) is 0.136. The fourth-order valence-electron chi connectivity index (χ4n) is 3.08. The molecule has 8 heteroatoms. The summed E-state index contributed by atoms with van der Waals surface area (Å²) in [5.41, 5.74) is 2.58. The Labute approximate surface area is 172 Å². The maximum Gasteiger partial charge on any atom is 0.255 e. The van der Waals surface area contributed by atoms with Crippen molar-refractivity contribution in [3.8, 4) is 22.6 Å². The molecule has 4 rings (SSSR count). The molecule has 0 unspecified atom stereocenters. The minimum atomic E-state index is -0.216. The third kappa shape index (κ3) is 3.88. The van der Waals surface area contributed by atoms with Crippen LogP contribution in [0.1, 0.15) is 10.4 Å². The van der Waals surface area contributed by atoms with Gasteiger partial charge in [-0.3, -0.25) is 19.1 Å². The van der Waals surface area contributed by atoms with Gasteiger partial charge in [0.15, 0.2) is 5.78 Å². The molecule has 3 aromatic heterocycles. The lowest BCUT2D eigenvalue weighted by molar-refractivity contribution is 0.101. The van der Waals surface area contributed by atoms with Gasteiger partial charge in [-0.25, -0.2) is 9.97 Å². The van der Waals surface area contributed by atoms with Crippen LogP contribution in [0.15, 0.2) is 72.0 Å². The number of nitrogens with zero attached hydrogens (tertiary/aromatic N) is 5. The summed E-state index contributed by atoms with van der Waals surface area (Å²) < 4.78 is 3.29. The van der Waals surface area contributed by atoms with E-state index in [1.807, 2.05) is 29.9 Å². The number of carbonyl (C=O) groups excluding carboxylic acids is 1. The first-order valence-corrected chi connectivity index (χ1v) is 9.36. The summed E-state index contributed by atoms with van der Waals surface area (Å²) in [6.45, 7) is 0.0157. The molecule has 0 aliphatic heterocycles. The van der Waals surface area contributed by atoms with Gasteiger partial charge in [0, 0.05) is 61.6 Å². The number of aryl methyl sites for hydroxylation is 1. The number of nitrogens with one attached hydrogen (secondary N) is 1. The Hall–Kier alpha value is -4.07. The van der Waals surface area contributed by atoms with E-state index in [-0.39, 0.29) is 17.9 Å². The number of Topliss-reactive ketones (excluding diaryl/α,β-unsaturated/α-hetero) is 1. The number of rotatable bonds is 6. The molecule has 0 spiro atoms. The van der Waals surface area contributed by atoms with E-state index in [0.29, 0.717) is 17.2 Å². The molecule has 150 valence electrons. The highest BCUT2D eigenvalue weighted by atomic mass is 16.1. The Morgan fingerprint density at radius 3 is 2.40 bits per heavy atom. The highest BCUT2D eigenvalue weighted by molar-refractivity contribution is 5.99. The fourth-order valence-corrected chi connectivity index (χ4v) is 3.08. The first-order chi connectivity index (χ1) is 14.5. The summed E-state index contributed by atoms with van der Waals surface area (Å²) in [5.74, 6) is 1.05. The van der Waals surface area contributed by atoms with Crippen molar-refractivity contribution in [2.45, 2.75) is 0 Å². The van der Waals surface area contributed by atoms with Crippen LogP contribution in [0.3, 0.4) is 0 Å². The summed E-state index contributed by atoms with van der Waals surface area (Å²) in [4.78, 5) is 37.7. The predicted octanol–water partition coefficient (Wildman–Crippen LogP) is 2.54. The van der Waals surface area contributed by atoms with Crippen LogP contribution in [0.25, 0.3) is 22.6 Å². The molecule has 1 N–H and O–H groups in total. The SMILES string of the molecule is Cn1ccnc1-c1ccc(C(=O)CNc2nc(-c3ccncc3)cc(=O)n2C)cc1. The molecule has 30 heavy (non-hydrogen) atoms. The van der Waals surface area contributed by atoms with Gasteiger partial charge in [0.2, 0.25) is 5.95 Å². The van der Waals surface area contributed by atoms with Crippen molar-refractivity contribution in [2.24, 2.45) is 14.1 Å². The Morgan fingerprint density at radius 1 is 1.00 bits per heavy atom.